The van der Waals surface area contributed by atoms with Crippen molar-refractivity contribution in [1.82, 2.24) is 15.6 Å². The lowest BCUT2D eigenvalue weighted by molar-refractivity contribution is 0.0953. The predicted molar refractivity (Wildman–Crippen MR) is 155 cm³/mol. The first kappa shape index (κ1) is 26.1. The highest BCUT2D eigenvalue weighted by Gasteiger charge is 2.16. The summed E-state index contributed by atoms with van der Waals surface area (Å²) in [5.41, 5.74) is 2.77. The molecule has 0 aliphatic heterocycles. The summed E-state index contributed by atoms with van der Waals surface area (Å²) in [6, 6.07) is 25.0. The van der Waals surface area contributed by atoms with E-state index in [4.69, 9.17) is 9.47 Å². The second-order valence-electron chi connectivity index (χ2n) is 8.84. The van der Waals surface area contributed by atoms with Crippen molar-refractivity contribution in [1.29, 1.82) is 0 Å². The van der Waals surface area contributed by atoms with Crippen molar-refractivity contribution in [2.24, 2.45) is 0 Å². The van der Waals surface area contributed by atoms with Crippen LogP contribution in [0.5, 0.6) is 11.5 Å². The highest BCUT2D eigenvalue weighted by molar-refractivity contribution is 7.22. The number of aromatic nitrogens is 1. The summed E-state index contributed by atoms with van der Waals surface area (Å²) < 4.78 is 11.3. The Kier molecular flexibility index (Phi) is 8.00. The van der Waals surface area contributed by atoms with Crippen molar-refractivity contribution in [2.45, 2.75) is 6.54 Å². The molecular formula is C30H28N4O4S. The third kappa shape index (κ3) is 6.17. The molecule has 0 atom stereocenters. The van der Waals surface area contributed by atoms with Gasteiger partial charge in [-0.15, -0.1) is 0 Å². The number of ether oxygens (including phenoxy) is 2. The second-order valence-corrected chi connectivity index (χ2v) is 9.87. The van der Waals surface area contributed by atoms with Gasteiger partial charge in [0.2, 0.25) is 0 Å². The van der Waals surface area contributed by atoms with Crippen LogP contribution in [-0.2, 0) is 6.54 Å². The first-order valence-electron chi connectivity index (χ1n) is 12.4. The third-order valence-electron chi connectivity index (χ3n) is 6.25. The summed E-state index contributed by atoms with van der Waals surface area (Å²) in [6.45, 7) is 1.87. The van der Waals surface area contributed by atoms with Gasteiger partial charge in [-0.25, -0.2) is 4.98 Å². The lowest BCUT2D eigenvalue weighted by Crippen LogP contribution is -2.31. The number of carbonyl (C=O) groups excluding carboxylic acids is 2. The van der Waals surface area contributed by atoms with Gasteiger partial charge in [0.05, 0.1) is 30.0 Å². The summed E-state index contributed by atoms with van der Waals surface area (Å²) in [7, 11) is 3.04. The van der Waals surface area contributed by atoms with Crippen molar-refractivity contribution >= 4 is 49.3 Å². The van der Waals surface area contributed by atoms with Gasteiger partial charge >= 0.3 is 0 Å². The minimum absolute atomic E-state index is 0.162. The maximum Gasteiger partial charge on any atom is 0.261 e. The lowest BCUT2D eigenvalue weighted by Gasteiger charge is -2.09. The molecule has 5 aromatic rings. The Hall–Kier alpha value is -4.47. The minimum atomic E-state index is -0.362. The monoisotopic (exact) mass is 540 g/mol. The molecule has 8 nitrogen and oxygen atoms in total. The zero-order chi connectivity index (χ0) is 27.2. The topological polar surface area (TPSA) is 102 Å². The number of thiazole rings is 1. The molecular weight excluding hydrogens is 512 g/mol. The van der Waals surface area contributed by atoms with Gasteiger partial charge in [-0.3, -0.25) is 14.9 Å². The molecule has 0 spiro atoms. The van der Waals surface area contributed by atoms with E-state index in [2.05, 4.69) is 51.3 Å². The van der Waals surface area contributed by atoms with Crippen LogP contribution in [-0.4, -0.2) is 44.1 Å². The lowest BCUT2D eigenvalue weighted by atomic mass is 10.1. The Balaban J connectivity index is 1.15. The van der Waals surface area contributed by atoms with E-state index < -0.39 is 0 Å². The first-order valence-corrected chi connectivity index (χ1v) is 13.3. The van der Waals surface area contributed by atoms with Crippen molar-refractivity contribution in [3.8, 4) is 11.5 Å². The molecule has 1 aromatic heterocycles. The third-order valence-corrected chi connectivity index (χ3v) is 7.19. The Morgan fingerprint density at radius 3 is 2.51 bits per heavy atom. The highest BCUT2D eigenvalue weighted by atomic mass is 32.1. The summed E-state index contributed by atoms with van der Waals surface area (Å²) >= 11 is 1.30. The number of benzene rings is 4. The number of rotatable bonds is 10. The average molecular weight is 541 g/mol. The molecule has 0 bridgehead atoms. The van der Waals surface area contributed by atoms with Crippen molar-refractivity contribution < 1.29 is 19.1 Å². The molecule has 5 rings (SSSR count). The molecule has 39 heavy (non-hydrogen) atoms. The number of fused-ring (bicyclic) bond motifs is 2. The highest BCUT2D eigenvalue weighted by Crippen LogP contribution is 2.29. The van der Waals surface area contributed by atoms with Crippen LogP contribution in [0, 0.1) is 0 Å². The molecule has 3 N–H and O–H groups in total. The van der Waals surface area contributed by atoms with Gasteiger partial charge in [-0.1, -0.05) is 47.7 Å². The van der Waals surface area contributed by atoms with Crippen LogP contribution >= 0.6 is 11.3 Å². The molecule has 0 aliphatic rings. The second kappa shape index (κ2) is 11.9. The van der Waals surface area contributed by atoms with Crippen LogP contribution in [0.1, 0.15) is 26.3 Å². The van der Waals surface area contributed by atoms with Crippen LogP contribution in [0.15, 0.2) is 78.9 Å². The molecule has 1 heterocycles. The molecule has 0 aliphatic carbocycles. The molecule has 0 saturated heterocycles. The summed E-state index contributed by atoms with van der Waals surface area (Å²) in [5.74, 6) is 0.452. The van der Waals surface area contributed by atoms with E-state index in [1.165, 1.54) is 41.9 Å². The van der Waals surface area contributed by atoms with Gasteiger partial charge in [0, 0.05) is 25.2 Å². The van der Waals surface area contributed by atoms with E-state index in [0.717, 1.165) is 11.2 Å². The molecule has 2 amide bonds. The number of hydrogen-bond acceptors (Lipinski definition) is 7. The fourth-order valence-corrected chi connectivity index (χ4v) is 5.12. The fraction of sp³-hybridized carbons (Fsp3) is 0.167. The summed E-state index contributed by atoms with van der Waals surface area (Å²) in [6.07, 6.45) is 0. The van der Waals surface area contributed by atoms with Crippen molar-refractivity contribution in [2.75, 3.05) is 32.6 Å². The van der Waals surface area contributed by atoms with E-state index >= 15 is 0 Å². The Bertz CT molecular complexity index is 1650. The Labute approximate surface area is 230 Å². The molecule has 0 unspecified atom stereocenters. The Morgan fingerprint density at radius 2 is 1.69 bits per heavy atom. The standard InChI is InChI=1S/C30H28N4O4S/c1-37-23-10-12-26(38-2)24(17-23)29(36)34-30-33-25-11-9-22(16-27(25)39-30)28(35)32-14-13-31-18-19-7-8-20-5-3-4-6-21(20)15-19/h3-12,15-17,31H,13-14,18H2,1-2H3,(H,32,35)(H,33,34,36). The zero-order valence-electron chi connectivity index (χ0n) is 21.6. The van der Waals surface area contributed by atoms with Crippen LogP contribution in [0.25, 0.3) is 21.0 Å². The maximum atomic E-state index is 12.9. The number of nitrogens with one attached hydrogen (secondary N) is 3. The molecule has 4 aromatic carbocycles. The van der Waals surface area contributed by atoms with E-state index in [1.807, 2.05) is 12.1 Å². The summed E-state index contributed by atoms with van der Waals surface area (Å²) in [4.78, 5) is 30.1. The van der Waals surface area contributed by atoms with Crippen LogP contribution < -0.4 is 25.4 Å². The SMILES string of the molecule is COc1ccc(OC)c(C(=O)Nc2nc3ccc(C(=O)NCCNCc4ccc5ccccc5c4)cc3s2)c1. The van der Waals surface area contributed by atoms with E-state index in [-0.39, 0.29) is 11.8 Å². The smallest absolute Gasteiger partial charge is 0.261 e. The number of amides is 2. The number of nitrogens with zero attached hydrogens (tertiary/aromatic N) is 1. The molecule has 0 saturated carbocycles. The largest absolute Gasteiger partial charge is 0.497 e. The van der Waals surface area contributed by atoms with E-state index in [1.54, 1.807) is 36.4 Å². The maximum absolute atomic E-state index is 12.9. The van der Waals surface area contributed by atoms with Gasteiger partial charge in [0.1, 0.15) is 11.5 Å². The van der Waals surface area contributed by atoms with Gasteiger partial charge in [-0.2, -0.15) is 0 Å². The van der Waals surface area contributed by atoms with Crippen LogP contribution in [0.4, 0.5) is 5.13 Å². The fourth-order valence-electron chi connectivity index (χ4n) is 4.22. The van der Waals surface area contributed by atoms with E-state index in [0.29, 0.717) is 46.4 Å². The first-order chi connectivity index (χ1) is 19.0. The molecule has 198 valence electrons. The van der Waals surface area contributed by atoms with Crippen LogP contribution in [0.2, 0.25) is 0 Å². The minimum Gasteiger partial charge on any atom is -0.497 e. The summed E-state index contributed by atoms with van der Waals surface area (Å²) in [5, 5.41) is 12.0. The number of carbonyl (C=O) groups is 2. The van der Waals surface area contributed by atoms with Gasteiger partial charge in [0.15, 0.2) is 5.13 Å². The normalized spacial score (nSPS) is 10.9. The van der Waals surface area contributed by atoms with Gasteiger partial charge in [0.25, 0.3) is 11.8 Å². The number of hydrogen-bond donors (Lipinski definition) is 3. The zero-order valence-corrected chi connectivity index (χ0v) is 22.4. The number of methoxy groups -OCH3 is 2. The van der Waals surface area contributed by atoms with E-state index in [9.17, 15) is 9.59 Å². The molecule has 0 fully saturated rings. The number of anilines is 1. The quantitative estimate of drug-likeness (QED) is 0.210. The van der Waals surface area contributed by atoms with Gasteiger partial charge < -0.3 is 20.1 Å². The molecule has 9 heteroatoms. The Morgan fingerprint density at radius 1 is 0.846 bits per heavy atom. The van der Waals surface area contributed by atoms with Crippen molar-refractivity contribution in [3.05, 3.63) is 95.6 Å². The molecule has 0 radical (unpaired) electrons. The average Bonchev–Trinajstić information content (AvgIpc) is 3.37. The van der Waals surface area contributed by atoms with Gasteiger partial charge in [-0.05, 0) is 58.8 Å². The predicted octanol–water partition coefficient (Wildman–Crippen LogP) is 5.24. The van der Waals surface area contributed by atoms with Crippen LogP contribution in [0.3, 0.4) is 0 Å². The van der Waals surface area contributed by atoms with Crippen molar-refractivity contribution in [3.63, 3.8) is 0 Å².